The lowest BCUT2D eigenvalue weighted by atomic mass is 9.91. The Morgan fingerprint density at radius 2 is 1.23 bits per heavy atom. The number of aryl methyl sites for hydroxylation is 2. The smallest absolute Gasteiger partial charge is 0.338 e. The molecule has 8 N–H and O–H groups in total. The van der Waals surface area contributed by atoms with Gasteiger partial charge in [-0.15, -0.1) is 0 Å². The summed E-state index contributed by atoms with van der Waals surface area (Å²) in [6.45, 7) is 7.10. The van der Waals surface area contributed by atoms with Crippen molar-refractivity contribution < 1.29 is 31.2 Å². The van der Waals surface area contributed by atoms with Gasteiger partial charge in [0.1, 0.15) is 0 Å². The second kappa shape index (κ2) is 10.6. The SMILES string of the molecule is CCc1cc2c(cc1C(=O)N=C(N)N)S(=O)(=O)CC2(C)N.CCc1cc2c(cc1C(=O)OC)S(=O)(=O)CC2(C)N. The van der Waals surface area contributed by atoms with Crippen LogP contribution >= 0.6 is 0 Å². The second-order valence-corrected chi connectivity index (χ2v) is 14.3. The van der Waals surface area contributed by atoms with Gasteiger partial charge in [-0.1, -0.05) is 26.0 Å². The maximum atomic E-state index is 12.2. The standard InChI is InChI=1S/C13H18N4O3S.C13H17NO4S/c1-3-7-4-9-10(21(19,20)6-13(9,2)16)5-8(7)11(18)17-12(14)15;1-4-8-5-10-11(6-9(8)12(15)18-3)19(16,17)7-13(10,2)14/h4-5H,3,6,16H2,1-2H3,(H4,14,15,17,18);5-6H,4,7,14H2,1-3H3. The van der Waals surface area contributed by atoms with E-state index in [-0.39, 0.29) is 32.8 Å². The maximum absolute atomic E-state index is 12.2. The molecular formula is C26H35N5O7S2. The average Bonchev–Trinajstić information content (AvgIpc) is 3.15. The van der Waals surface area contributed by atoms with Gasteiger partial charge in [-0.3, -0.25) is 4.79 Å². The molecule has 2 aromatic rings. The quantitative estimate of drug-likeness (QED) is 0.218. The molecule has 2 aliphatic heterocycles. The van der Waals surface area contributed by atoms with E-state index in [0.717, 1.165) is 5.56 Å². The zero-order valence-corrected chi connectivity index (χ0v) is 24.7. The minimum absolute atomic E-state index is 0.0823. The topological polar surface area (TPSA) is 228 Å². The number of methoxy groups -OCH3 is 1. The summed E-state index contributed by atoms with van der Waals surface area (Å²) in [6, 6.07) is 6.10. The summed E-state index contributed by atoms with van der Waals surface area (Å²) in [7, 11) is -5.67. The molecule has 2 aromatic carbocycles. The number of carbonyl (C=O) groups excluding carboxylic acids is 2. The third-order valence-electron chi connectivity index (χ3n) is 6.92. The summed E-state index contributed by atoms with van der Waals surface area (Å²) >= 11 is 0. The summed E-state index contributed by atoms with van der Waals surface area (Å²) in [5, 5.41) is 0. The van der Waals surface area contributed by atoms with Crippen molar-refractivity contribution in [3.05, 3.63) is 57.6 Å². The Labute approximate surface area is 234 Å². The Bertz CT molecular complexity index is 1640. The second-order valence-electron chi connectivity index (χ2n) is 10.4. The number of sulfone groups is 2. The van der Waals surface area contributed by atoms with Crippen LogP contribution in [0.5, 0.6) is 0 Å². The molecular weight excluding hydrogens is 558 g/mol. The predicted molar refractivity (Wildman–Crippen MR) is 150 cm³/mol. The first-order valence-electron chi connectivity index (χ1n) is 12.4. The van der Waals surface area contributed by atoms with E-state index >= 15 is 0 Å². The van der Waals surface area contributed by atoms with Crippen LogP contribution in [0.1, 0.15) is 70.7 Å². The molecule has 0 bridgehead atoms. The Hall–Kier alpha value is -3.33. The van der Waals surface area contributed by atoms with Crippen LogP contribution in [-0.4, -0.2) is 53.3 Å². The van der Waals surface area contributed by atoms with Gasteiger partial charge in [-0.2, -0.15) is 4.99 Å². The Morgan fingerprint density at radius 3 is 1.60 bits per heavy atom. The van der Waals surface area contributed by atoms with Gasteiger partial charge in [0.2, 0.25) is 0 Å². The predicted octanol–water partition coefficient (Wildman–Crippen LogP) is 0.621. The molecule has 0 fully saturated rings. The highest BCUT2D eigenvalue weighted by molar-refractivity contribution is 7.92. The van der Waals surface area contributed by atoms with Crippen LogP contribution < -0.4 is 22.9 Å². The molecule has 12 nitrogen and oxygen atoms in total. The van der Waals surface area contributed by atoms with Crippen LogP contribution in [0.4, 0.5) is 0 Å². The van der Waals surface area contributed by atoms with E-state index in [2.05, 4.69) is 4.99 Å². The minimum atomic E-state index is -3.51. The summed E-state index contributed by atoms with van der Waals surface area (Å²) in [6.07, 6.45) is 1.14. The molecule has 0 aliphatic carbocycles. The fourth-order valence-electron chi connectivity index (χ4n) is 5.02. The molecule has 2 atom stereocenters. The molecule has 1 amide bonds. The van der Waals surface area contributed by atoms with E-state index in [1.54, 1.807) is 26.0 Å². The number of aliphatic imine (C=N–C) groups is 1. The number of benzene rings is 2. The van der Waals surface area contributed by atoms with Crippen molar-refractivity contribution in [2.45, 2.75) is 61.4 Å². The number of hydrogen-bond donors (Lipinski definition) is 4. The summed E-state index contributed by atoms with van der Waals surface area (Å²) in [5.41, 5.74) is 23.6. The van der Waals surface area contributed by atoms with Crippen LogP contribution in [0, 0.1) is 0 Å². The Balaban J connectivity index is 0.000000222. The van der Waals surface area contributed by atoms with Crippen molar-refractivity contribution in [1.29, 1.82) is 0 Å². The van der Waals surface area contributed by atoms with Crippen molar-refractivity contribution >= 4 is 37.5 Å². The third kappa shape index (κ3) is 5.75. The van der Waals surface area contributed by atoms with E-state index in [9.17, 15) is 26.4 Å². The monoisotopic (exact) mass is 593 g/mol. The number of hydrogen-bond acceptors (Lipinski definition) is 9. The Kier molecular flexibility index (Phi) is 8.25. The van der Waals surface area contributed by atoms with E-state index in [1.807, 2.05) is 13.8 Å². The zero-order chi connectivity index (χ0) is 30.4. The van der Waals surface area contributed by atoms with Gasteiger partial charge in [0.15, 0.2) is 25.6 Å². The van der Waals surface area contributed by atoms with E-state index in [4.69, 9.17) is 27.7 Å². The largest absolute Gasteiger partial charge is 0.465 e. The average molecular weight is 594 g/mol. The lowest BCUT2D eigenvalue weighted by Crippen LogP contribution is -2.34. The molecule has 40 heavy (non-hydrogen) atoms. The van der Waals surface area contributed by atoms with Crippen LogP contribution in [0.25, 0.3) is 0 Å². The fourth-order valence-corrected chi connectivity index (χ4v) is 9.07. The van der Waals surface area contributed by atoms with Crippen LogP contribution in [-0.2, 0) is 48.3 Å². The van der Waals surface area contributed by atoms with E-state index in [0.29, 0.717) is 35.1 Å². The molecule has 0 saturated carbocycles. The van der Waals surface area contributed by atoms with Crippen molar-refractivity contribution in [1.82, 2.24) is 0 Å². The lowest BCUT2D eigenvalue weighted by molar-refractivity contribution is 0.0599. The molecule has 2 heterocycles. The normalized spacial score (nSPS) is 23.3. The van der Waals surface area contributed by atoms with Crippen molar-refractivity contribution in [2.75, 3.05) is 18.6 Å². The zero-order valence-electron chi connectivity index (χ0n) is 23.1. The highest BCUT2D eigenvalue weighted by atomic mass is 32.2. The first-order chi connectivity index (χ1) is 18.3. The summed E-state index contributed by atoms with van der Waals surface area (Å²) in [5.74, 6) is -1.87. The molecule has 0 radical (unpaired) electrons. The van der Waals surface area contributed by atoms with Gasteiger partial charge >= 0.3 is 5.97 Å². The van der Waals surface area contributed by atoms with Crippen LogP contribution in [0.3, 0.4) is 0 Å². The van der Waals surface area contributed by atoms with Gasteiger partial charge in [-0.25, -0.2) is 21.6 Å². The van der Waals surface area contributed by atoms with Crippen LogP contribution in [0.2, 0.25) is 0 Å². The highest BCUT2D eigenvalue weighted by Gasteiger charge is 2.43. The number of guanidine groups is 1. The molecule has 2 unspecified atom stereocenters. The van der Waals surface area contributed by atoms with E-state index in [1.165, 1.54) is 19.2 Å². The van der Waals surface area contributed by atoms with Gasteiger partial charge in [0.05, 0.1) is 45.0 Å². The van der Waals surface area contributed by atoms with Gasteiger partial charge in [-0.05, 0) is 61.1 Å². The number of amides is 1. The summed E-state index contributed by atoms with van der Waals surface area (Å²) in [4.78, 5) is 27.5. The molecule has 0 spiro atoms. The first kappa shape index (κ1) is 31.2. The number of rotatable bonds is 4. The molecule has 0 aromatic heterocycles. The van der Waals surface area contributed by atoms with E-state index < -0.39 is 42.6 Å². The highest BCUT2D eigenvalue weighted by Crippen LogP contribution is 2.39. The van der Waals surface area contributed by atoms with Gasteiger partial charge in [0, 0.05) is 5.56 Å². The maximum Gasteiger partial charge on any atom is 0.338 e. The molecule has 14 heteroatoms. The minimum Gasteiger partial charge on any atom is -0.465 e. The van der Waals surface area contributed by atoms with Crippen LogP contribution in [0.15, 0.2) is 39.0 Å². The molecule has 0 saturated heterocycles. The fraction of sp³-hybridized carbons (Fsp3) is 0.423. The lowest BCUT2D eigenvalue weighted by Gasteiger charge is -2.18. The molecule has 218 valence electrons. The number of ether oxygens (including phenoxy) is 1. The number of nitrogens with zero attached hydrogens (tertiary/aromatic N) is 1. The number of carbonyl (C=O) groups is 2. The summed E-state index contributed by atoms with van der Waals surface area (Å²) < 4.78 is 53.3. The number of esters is 1. The number of fused-ring (bicyclic) bond motifs is 2. The first-order valence-corrected chi connectivity index (χ1v) is 15.7. The van der Waals surface area contributed by atoms with Crippen molar-refractivity contribution in [2.24, 2.45) is 27.9 Å². The Morgan fingerprint density at radius 1 is 0.825 bits per heavy atom. The third-order valence-corrected chi connectivity index (χ3v) is 10.9. The van der Waals surface area contributed by atoms with Gasteiger partial charge < -0.3 is 27.7 Å². The van der Waals surface area contributed by atoms with Crippen molar-refractivity contribution in [3.8, 4) is 0 Å². The van der Waals surface area contributed by atoms with Gasteiger partial charge in [0.25, 0.3) is 5.91 Å². The molecule has 4 rings (SSSR count). The molecule has 2 aliphatic rings. The van der Waals surface area contributed by atoms with Crippen molar-refractivity contribution in [3.63, 3.8) is 0 Å². The number of nitrogens with two attached hydrogens (primary N) is 4.